The third-order valence-electron chi connectivity index (χ3n) is 1.71. The smallest absolute Gasteiger partial charge is 0.311 e. The molecule has 0 atom stereocenters. The van der Waals surface area contributed by atoms with E-state index in [0.29, 0.717) is 19.6 Å². The van der Waals surface area contributed by atoms with Gasteiger partial charge >= 0.3 is 5.97 Å². The second-order valence-corrected chi connectivity index (χ2v) is 4.31. The summed E-state index contributed by atoms with van der Waals surface area (Å²) in [7, 11) is 0. The number of ether oxygens (including phenoxy) is 2. The van der Waals surface area contributed by atoms with E-state index in [9.17, 15) is 9.59 Å². The highest BCUT2D eigenvalue weighted by atomic mass is 16.5. The van der Waals surface area contributed by atoms with Crippen LogP contribution in [0.2, 0.25) is 0 Å². The normalized spacial score (nSPS) is 11.2. The minimum atomic E-state index is -0.555. The molecule has 88 valence electrons. The summed E-state index contributed by atoms with van der Waals surface area (Å²) in [6.07, 6.45) is 0.297. The van der Waals surface area contributed by atoms with Gasteiger partial charge in [0, 0.05) is 13.0 Å². The molecule has 0 aliphatic rings. The van der Waals surface area contributed by atoms with Crippen molar-refractivity contribution in [3.8, 4) is 0 Å². The number of carbonyl (C=O) groups is 2. The van der Waals surface area contributed by atoms with Crippen LogP contribution in [0, 0.1) is 5.41 Å². The van der Waals surface area contributed by atoms with Crippen LogP contribution in [0.1, 0.15) is 34.1 Å². The van der Waals surface area contributed by atoms with E-state index < -0.39 is 5.41 Å². The Bertz CT molecular complexity index is 215. The van der Waals surface area contributed by atoms with Crippen molar-refractivity contribution in [1.82, 2.24) is 0 Å². The molecule has 0 fully saturated rings. The van der Waals surface area contributed by atoms with Crippen LogP contribution in [0.25, 0.3) is 0 Å². The number of hydrogen-bond donors (Lipinski definition) is 0. The molecule has 15 heavy (non-hydrogen) atoms. The van der Waals surface area contributed by atoms with Crippen molar-refractivity contribution in [2.75, 3.05) is 19.8 Å². The Morgan fingerprint density at radius 1 is 1.20 bits per heavy atom. The molecule has 0 aromatic rings. The summed E-state index contributed by atoms with van der Waals surface area (Å²) in [6, 6.07) is 0. The van der Waals surface area contributed by atoms with Crippen molar-refractivity contribution >= 4 is 11.8 Å². The monoisotopic (exact) mass is 216 g/mol. The van der Waals surface area contributed by atoms with Crippen LogP contribution in [0.5, 0.6) is 0 Å². The minimum absolute atomic E-state index is 0.110. The predicted molar refractivity (Wildman–Crippen MR) is 56.5 cm³/mol. The largest absolute Gasteiger partial charge is 0.457 e. The van der Waals surface area contributed by atoms with E-state index in [0.717, 1.165) is 0 Å². The molecule has 0 spiro atoms. The highest BCUT2D eigenvalue weighted by molar-refractivity contribution is 5.83. The maximum absolute atomic E-state index is 11.3. The molecule has 0 bridgehead atoms. The second kappa shape index (κ2) is 6.56. The Balaban J connectivity index is 3.67. The van der Waals surface area contributed by atoms with Gasteiger partial charge in [0.05, 0.1) is 12.0 Å². The van der Waals surface area contributed by atoms with Gasteiger partial charge in [-0.25, -0.2) is 0 Å². The fourth-order valence-corrected chi connectivity index (χ4v) is 0.765. The van der Waals surface area contributed by atoms with Crippen LogP contribution in [-0.2, 0) is 19.1 Å². The van der Waals surface area contributed by atoms with Gasteiger partial charge in [-0.15, -0.1) is 0 Å². The van der Waals surface area contributed by atoms with Gasteiger partial charge in [0.15, 0.2) is 5.78 Å². The van der Waals surface area contributed by atoms with E-state index in [1.165, 1.54) is 0 Å². The number of ketones is 1. The standard InChI is InChI=1S/C11H20O4/c1-5-14-7-6-9(12)8-15-10(13)11(2,3)4/h5-8H2,1-4H3. The molecule has 0 aromatic carbocycles. The first-order chi connectivity index (χ1) is 6.88. The zero-order valence-corrected chi connectivity index (χ0v) is 9.96. The molecule has 0 aromatic heterocycles. The van der Waals surface area contributed by atoms with Crippen molar-refractivity contribution in [2.45, 2.75) is 34.1 Å². The van der Waals surface area contributed by atoms with Crippen LogP contribution in [0.3, 0.4) is 0 Å². The Morgan fingerprint density at radius 3 is 2.27 bits per heavy atom. The second-order valence-electron chi connectivity index (χ2n) is 4.31. The maximum atomic E-state index is 11.3. The predicted octanol–water partition coefficient (Wildman–Crippen LogP) is 1.57. The van der Waals surface area contributed by atoms with Gasteiger partial charge in [-0.05, 0) is 27.7 Å². The number of Topliss-reactive ketones (excluding diaryl/α,β-unsaturated/α-hetero) is 1. The van der Waals surface area contributed by atoms with Crippen LogP contribution in [0.15, 0.2) is 0 Å². The van der Waals surface area contributed by atoms with Crippen molar-refractivity contribution in [3.05, 3.63) is 0 Å². The van der Waals surface area contributed by atoms with Gasteiger partial charge in [-0.1, -0.05) is 0 Å². The van der Waals surface area contributed by atoms with E-state index >= 15 is 0 Å². The lowest BCUT2D eigenvalue weighted by molar-refractivity contribution is -0.156. The molecule has 0 rings (SSSR count). The summed E-state index contributed by atoms with van der Waals surface area (Å²) in [6.45, 7) is 7.95. The molecule has 0 radical (unpaired) electrons. The van der Waals surface area contributed by atoms with E-state index in [2.05, 4.69) is 0 Å². The lowest BCUT2D eigenvalue weighted by atomic mass is 9.97. The average molecular weight is 216 g/mol. The first-order valence-corrected chi connectivity index (χ1v) is 5.14. The number of hydrogen-bond acceptors (Lipinski definition) is 4. The summed E-state index contributed by atoms with van der Waals surface area (Å²) in [5.41, 5.74) is -0.555. The third-order valence-corrected chi connectivity index (χ3v) is 1.71. The third kappa shape index (κ3) is 7.08. The highest BCUT2D eigenvalue weighted by Gasteiger charge is 2.23. The van der Waals surface area contributed by atoms with Gasteiger partial charge in [0.25, 0.3) is 0 Å². The van der Waals surface area contributed by atoms with E-state index in [1.54, 1.807) is 20.8 Å². The molecule has 0 saturated heterocycles. The first kappa shape index (κ1) is 14.1. The quantitative estimate of drug-likeness (QED) is 0.499. The van der Waals surface area contributed by atoms with Crippen molar-refractivity contribution in [1.29, 1.82) is 0 Å². The molecule has 0 amide bonds. The fraction of sp³-hybridized carbons (Fsp3) is 0.818. The minimum Gasteiger partial charge on any atom is -0.457 e. The molecule has 4 heteroatoms. The fourth-order valence-electron chi connectivity index (χ4n) is 0.765. The van der Waals surface area contributed by atoms with Crippen LogP contribution in [-0.4, -0.2) is 31.6 Å². The number of rotatable bonds is 6. The lowest BCUT2D eigenvalue weighted by Crippen LogP contribution is -2.25. The Morgan fingerprint density at radius 2 is 1.80 bits per heavy atom. The Labute approximate surface area is 90.9 Å². The van der Waals surface area contributed by atoms with Gasteiger partial charge in [-0.2, -0.15) is 0 Å². The topological polar surface area (TPSA) is 52.6 Å². The zero-order valence-electron chi connectivity index (χ0n) is 9.96. The number of esters is 1. The summed E-state index contributed by atoms with van der Waals surface area (Å²) in [5.74, 6) is -0.465. The van der Waals surface area contributed by atoms with Gasteiger partial charge in [-0.3, -0.25) is 9.59 Å². The molecule has 4 nitrogen and oxygen atoms in total. The molecule has 0 unspecified atom stereocenters. The Kier molecular flexibility index (Phi) is 6.17. The Hall–Kier alpha value is -0.900. The van der Waals surface area contributed by atoms with Crippen LogP contribution in [0.4, 0.5) is 0 Å². The zero-order chi connectivity index (χ0) is 11.9. The van der Waals surface area contributed by atoms with E-state index in [-0.39, 0.29) is 18.4 Å². The average Bonchev–Trinajstić information content (AvgIpc) is 2.13. The van der Waals surface area contributed by atoms with Crippen LogP contribution >= 0.6 is 0 Å². The van der Waals surface area contributed by atoms with Crippen molar-refractivity contribution < 1.29 is 19.1 Å². The molecule has 0 saturated carbocycles. The summed E-state index contributed by atoms with van der Waals surface area (Å²) >= 11 is 0. The lowest BCUT2D eigenvalue weighted by Gasteiger charge is -2.15. The molecule has 0 aliphatic heterocycles. The summed E-state index contributed by atoms with van der Waals surface area (Å²) < 4.78 is 9.87. The van der Waals surface area contributed by atoms with Gasteiger partial charge < -0.3 is 9.47 Å². The van der Waals surface area contributed by atoms with E-state index in [1.807, 2.05) is 6.92 Å². The maximum Gasteiger partial charge on any atom is 0.311 e. The van der Waals surface area contributed by atoms with Crippen molar-refractivity contribution in [3.63, 3.8) is 0 Å². The van der Waals surface area contributed by atoms with Gasteiger partial charge in [0.2, 0.25) is 0 Å². The summed E-state index contributed by atoms with van der Waals surface area (Å²) in [4.78, 5) is 22.5. The molecule has 0 N–H and O–H groups in total. The van der Waals surface area contributed by atoms with E-state index in [4.69, 9.17) is 9.47 Å². The highest BCUT2D eigenvalue weighted by Crippen LogP contribution is 2.14. The molecule has 0 heterocycles. The first-order valence-electron chi connectivity index (χ1n) is 5.14. The molecular formula is C11H20O4. The molecule has 0 aliphatic carbocycles. The van der Waals surface area contributed by atoms with Crippen LogP contribution < -0.4 is 0 Å². The number of carbonyl (C=O) groups excluding carboxylic acids is 2. The van der Waals surface area contributed by atoms with Gasteiger partial charge in [0.1, 0.15) is 6.61 Å². The van der Waals surface area contributed by atoms with Crippen molar-refractivity contribution in [2.24, 2.45) is 5.41 Å². The SMILES string of the molecule is CCOCCC(=O)COC(=O)C(C)(C)C. The summed E-state index contributed by atoms with van der Waals surface area (Å²) in [5, 5.41) is 0. The molecular weight excluding hydrogens is 196 g/mol.